The Morgan fingerprint density at radius 3 is 2.67 bits per heavy atom. The van der Waals surface area contributed by atoms with Gasteiger partial charge in [-0.2, -0.15) is 0 Å². The lowest BCUT2D eigenvalue weighted by molar-refractivity contribution is -0.114. The molecule has 0 saturated heterocycles. The normalized spacial score (nSPS) is 14.2. The van der Waals surface area contributed by atoms with Crippen molar-refractivity contribution in [3.05, 3.63) is 28.2 Å². The minimum absolute atomic E-state index is 0.413. The van der Waals surface area contributed by atoms with E-state index in [1.807, 2.05) is 6.07 Å². The van der Waals surface area contributed by atoms with Gasteiger partial charge in [0.25, 0.3) is 11.7 Å². The molecule has 0 bridgehead atoms. The van der Waals surface area contributed by atoms with E-state index in [4.69, 9.17) is 11.6 Å². The van der Waals surface area contributed by atoms with Crippen LogP contribution in [-0.2, 0) is 4.79 Å². The van der Waals surface area contributed by atoms with Crippen molar-refractivity contribution < 1.29 is 9.59 Å². The number of unbranched alkanes of at least 4 members (excludes halogenated alkanes) is 2. The zero-order chi connectivity index (χ0) is 13.1. The summed E-state index contributed by atoms with van der Waals surface area (Å²) in [5, 5.41) is 0. The molecule has 96 valence electrons. The van der Waals surface area contributed by atoms with Gasteiger partial charge in [0.1, 0.15) is 0 Å². The number of halogens is 2. The third-order valence-electron chi connectivity index (χ3n) is 2.96. The van der Waals surface area contributed by atoms with Crippen LogP contribution in [0.5, 0.6) is 0 Å². The fourth-order valence-corrected chi connectivity index (χ4v) is 2.84. The highest BCUT2D eigenvalue weighted by Crippen LogP contribution is 2.35. The number of amides is 1. The smallest absolute Gasteiger partial charge is 0.299 e. The summed E-state index contributed by atoms with van der Waals surface area (Å²) in [6, 6.07) is 5.31. The minimum Gasteiger partial charge on any atom is -0.304 e. The lowest BCUT2D eigenvalue weighted by atomic mass is 10.1. The second-order valence-electron chi connectivity index (χ2n) is 4.17. The van der Waals surface area contributed by atoms with Gasteiger partial charge in [0.2, 0.25) is 0 Å². The number of ketones is 1. The summed E-state index contributed by atoms with van der Waals surface area (Å²) in [5.74, 6) is -0.209. The predicted octanol–water partition coefficient (Wildman–Crippen LogP) is 3.39. The number of anilines is 1. The van der Waals surface area contributed by atoms with E-state index in [0.717, 1.165) is 23.7 Å². The molecule has 1 aromatic rings. The van der Waals surface area contributed by atoms with E-state index in [-0.39, 0.29) is 0 Å². The second-order valence-corrected chi connectivity index (χ2v) is 5.40. The van der Waals surface area contributed by atoms with E-state index in [1.165, 1.54) is 0 Å². The van der Waals surface area contributed by atoms with Gasteiger partial charge in [-0.3, -0.25) is 9.59 Å². The van der Waals surface area contributed by atoms with Crippen LogP contribution in [0.25, 0.3) is 0 Å². The van der Waals surface area contributed by atoms with Gasteiger partial charge in [-0.1, -0.05) is 12.5 Å². The first-order chi connectivity index (χ1) is 8.66. The van der Waals surface area contributed by atoms with Crippen LogP contribution in [0.15, 0.2) is 22.7 Å². The third-order valence-corrected chi connectivity index (χ3v) is 3.86. The summed E-state index contributed by atoms with van der Waals surface area (Å²) in [7, 11) is 0. The fourth-order valence-electron chi connectivity index (χ4n) is 2.07. The van der Waals surface area contributed by atoms with E-state index in [2.05, 4.69) is 15.9 Å². The molecule has 0 unspecified atom stereocenters. The Morgan fingerprint density at radius 1 is 1.17 bits per heavy atom. The first-order valence-corrected chi connectivity index (χ1v) is 7.20. The Labute approximate surface area is 119 Å². The van der Waals surface area contributed by atoms with Crippen LogP contribution in [0, 0.1) is 0 Å². The van der Waals surface area contributed by atoms with Gasteiger partial charge in [-0.25, -0.2) is 0 Å². The summed E-state index contributed by atoms with van der Waals surface area (Å²) >= 11 is 9.01. The first kappa shape index (κ1) is 13.6. The highest BCUT2D eigenvalue weighted by molar-refractivity contribution is 9.10. The molecule has 0 aliphatic carbocycles. The molecule has 1 aliphatic rings. The number of carbonyl (C=O) groups excluding carboxylic acids is 2. The Morgan fingerprint density at radius 2 is 1.94 bits per heavy atom. The van der Waals surface area contributed by atoms with Crippen LogP contribution in [0.3, 0.4) is 0 Å². The number of hydrogen-bond acceptors (Lipinski definition) is 2. The zero-order valence-corrected chi connectivity index (χ0v) is 12.1. The van der Waals surface area contributed by atoms with Crippen LogP contribution in [-0.4, -0.2) is 24.1 Å². The number of nitrogens with zero attached hydrogens (tertiary/aromatic N) is 1. The van der Waals surface area contributed by atoms with E-state index < -0.39 is 11.7 Å². The number of rotatable bonds is 5. The van der Waals surface area contributed by atoms with Crippen LogP contribution in [0.1, 0.15) is 29.6 Å². The molecule has 1 amide bonds. The highest BCUT2D eigenvalue weighted by atomic mass is 79.9. The number of Topliss-reactive ketones (excluding diaryl/α,β-unsaturated/α-hetero) is 1. The zero-order valence-electron chi connectivity index (χ0n) is 9.79. The van der Waals surface area contributed by atoms with Crippen LogP contribution in [0.2, 0.25) is 0 Å². The molecule has 0 radical (unpaired) electrons. The SMILES string of the molecule is O=C1C(=O)N(CCCCCCl)c2c(Br)cccc21. The quantitative estimate of drug-likeness (QED) is 0.471. The fraction of sp³-hybridized carbons (Fsp3) is 0.385. The second kappa shape index (κ2) is 5.85. The molecule has 1 aliphatic heterocycles. The average molecular weight is 331 g/mol. The number of benzene rings is 1. The standard InChI is InChI=1S/C13H13BrClNO2/c14-10-6-4-5-9-11(10)16(13(18)12(9)17)8-3-1-2-7-15/h4-6H,1-3,7-8H2. The predicted molar refractivity (Wildman–Crippen MR) is 75.4 cm³/mol. The first-order valence-electron chi connectivity index (χ1n) is 5.87. The maximum absolute atomic E-state index is 11.9. The number of para-hydroxylation sites is 1. The Balaban J connectivity index is 2.17. The molecular formula is C13H13BrClNO2. The monoisotopic (exact) mass is 329 g/mol. The molecule has 3 nitrogen and oxygen atoms in total. The number of alkyl halides is 1. The topological polar surface area (TPSA) is 37.4 Å². The van der Waals surface area contributed by atoms with Gasteiger partial charge in [0.05, 0.1) is 11.3 Å². The largest absolute Gasteiger partial charge is 0.304 e. The van der Waals surface area contributed by atoms with Crippen molar-refractivity contribution in [2.24, 2.45) is 0 Å². The van der Waals surface area contributed by atoms with Crippen molar-refractivity contribution in [1.29, 1.82) is 0 Å². The molecule has 0 fully saturated rings. The number of carbonyl (C=O) groups is 2. The number of fused-ring (bicyclic) bond motifs is 1. The summed E-state index contributed by atoms with van der Waals surface area (Å²) in [5.41, 5.74) is 1.20. The molecule has 18 heavy (non-hydrogen) atoms. The summed E-state index contributed by atoms with van der Waals surface area (Å²) in [4.78, 5) is 25.3. The van der Waals surface area contributed by atoms with Crippen LogP contribution < -0.4 is 4.90 Å². The Bertz CT molecular complexity index is 490. The van der Waals surface area contributed by atoms with Gasteiger partial charge in [-0.05, 0) is 40.9 Å². The molecule has 0 aromatic heterocycles. The molecule has 1 heterocycles. The van der Waals surface area contributed by atoms with E-state index in [9.17, 15) is 9.59 Å². The van der Waals surface area contributed by atoms with E-state index in [0.29, 0.717) is 23.7 Å². The molecule has 0 atom stereocenters. The molecule has 1 aromatic carbocycles. The van der Waals surface area contributed by atoms with Crippen LogP contribution in [0.4, 0.5) is 5.69 Å². The van der Waals surface area contributed by atoms with E-state index >= 15 is 0 Å². The highest BCUT2D eigenvalue weighted by Gasteiger charge is 2.36. The molecule has 2 rings (SSSR count). The van der Waals surface area contributed by atoms with Gasteiger partial charge >= 0.3 is 0 Å². The summed E-state index contributed by atoms with van der Waals surface area (Å²) in [6.45, 7) is 0.567. The lowest BCUT2D eigenvalue weighted by Crippen LogP contribution is -2.30. The molecule has 0 spiro atoms. The van der Waals surface area contributed by atoms with Crippen molar-refractivity contribution in [2.75, 3.05) is 17.3 Å². The van der Waals surface area contributed by atoms with Gasteiger partial charge in [0.15, 0.2) is 0 Å². The van der Waals surface area contributed by atoms with Gasteiger partial charge < -0.3 is 4.90 Å². The van der Waals surface area contributed by atoms with Crippen molar-refractivity contribution >= 4 is 44.9 Å². The number of hydrogen-bond donors (Lipinski definition) is 0. The molecular weight excluding hydrogens is 318 g/mol. The maximum Gasteiger partial charge on any atom is 0.299 e. The summed E-state index contributed by atoms with van der Waals surface area (Å²) in [6.07, 6.45) is 2.74. The Hall–Kier alpha value is -0.870. The van der Waals surface area contributed by atoms with Crippen molar-refractivity contribution in [3.63, 3.8) is 0 Å². The van der Waals surface area contributed by atoms with Crippen molar-refractivity contribution in [2.45, 2.75) is 19.3 Å². The third kappa shape index (κ3) is 2.45. The van der Waals surface area contributed by atoms with Gasteiger partial charge in [-0.15, -0.1) is 11.6 Å². The van der Waals surface area contributed by atoms with Gasteiger partial charge in [0, 0.05) is 16.9 Å². The molecule has 0 N–H and O–H groups in total. The van der Waals surface area contributed by atoms with Crippen molar-refractivity contribution in [3.8, 4) is 0 Å². The minimum atomic E-state index is -0.428. The lowest BCUT2D eigenvalue weighted by Gasteiger charge is -2.17. The summed E-state index contributed by atoms with van der Waals surface area (Å²) < 4.78 is 0.788. The molecule has 5 heteroatoms. The van der Waals surface area contributed by atoms with Crippen LogP contribution >= 0.6 is 27.5 Å². The Kier molecular flexibility index (Phi) is 4.40. The average Bonchev–Trinajstić information content (AvgIpc) is 2.61. The maximum atomic E-state index is 11.9. The van der Waals surface area contributed by atoms with Crippen molar-refractivity contribution in [1.82, 2.24) is 0 Å². The van der Waals surface area contributed by atoms with E-state index in [1.54, 1.807) is 17.0 Å². The molecule has 0 saturated carbocycles.